The zero-order chi connectivity index (χ0) is 22.9. The summed E-state index contributed by atoms with van der Waals surface area (Å²) in [7, 11) is -3.02. The van der Waals surface area contributed by atoms with Crippen molar-refractivity contribution in [1.29, 1.82) is 0 Å². The van der Waals surface area contributed by atoms with Gasteiger partial charge in [0.15, 0.2) is 15.6 Å². The Balaban J connectivity index is 1.51. The molecule has 2 aliphatic heterocycles. The molecule has 3 aromatic rings. The second-order valence-corrected chi connectivity index (χ2v) is 11.9. The van der Waals surface area contributed by atoms with E-state index in [9.17, 15) is 18.0 Å². The van der Waals surface area contributed by atoms with Crippen molar-refractivity contribution in [3.05, 3.63) is 65.9 Å². The number of hydrogen-bond donors (Lipinski definition) is 0. The normalized spacial score (nSPS) is 20.1. The van der Waals surface area contributed by atoms with Gasteiger partial charge in [0.2, 0.25) is 5.91 Å². The van der Waals surface area contributed by atoms with E-state index in [1.807, 2.05) is 57.2 Å². The molecular weight excluding hydrogens is 424 g/mol. The SMILES string of the molecule is CC1(CC(=O)c2ccc3c(c2)C(C)(C)C(=O)N3c2cnc3ccccc3c2)CS(=O)(=O)C1. The maximum atomic E-state index is 13.4. The quantitative estimate of drug-likeness (QED) is 0.559. The van der Waals surface area contributed by atoms with Gasteiger partial charge in [-0.25, -0.2) is 8.42 Å². The van der Waals surface area contributed by atoms with Crippen LogP contribution in [0.2, 0.25) is 0 Å². The fourth-order valence-corrected chi connectivity index (χ4v) is 7.20. The highest BCUT2D eigenvalue weighted by molar-refractivity contribution is 7.92. The van der Waals surface area contributed by atoms with Crippen LogP contribution in [0.4, 0.5) is 11.4 Å². The van der Waals surface area contributed by atoms with E-state index in [2.05, 4.69) is 4.98 Å². The number of amides is 1. The van der Waals surface area contributed by atoms with Crippen molar-refractivity contribution in [1.82, 2.24) is 4.98 Å². The Kier molecular flexibility index (Phi) is 4.37. The zero-order valence-electron chi connectivity index (χ0n) is 18.3. The first-order chi connectivity index (χ1) is 15.0. The van der Waals surface area contributed by atoms with Crippen molar-refractivity contribution in [3.8, 4) is 0 Å². The molecule has 5 rings (SSSR count). The maximum absolute atomic E-state index is 13.4. The number of nitrogens with zero attached hydrogens (tertiary/aromatic N) is 2. The van der Waals surface area contributed by atoms with E-state index in [-0.39, 0.29) is 29.6 Å². The summed E-state index contributed by atoms with van der Waals surface area (Å²) in [5.41, 5.74) is 2.26. The molecule has 0 atom stereocenters. The lowest BCUT2D eigenvalue weighted by atomic mass is 9.83. The molecule has 0 bridgehead atoms. The number of fused-ring (bicyclic) bond motifs is 2. The van der Waals surface area contributed by atoms with Crippen molar-refractivity contribution in [2.24, 2.45) is 5.41 Å². The van der Waals surface area contributed by atoms with E-state index in [1.54, 1.807) is 23.2 Å². The molecule has 6 nitrogen and oxygen atoms in total. The van der Waals surface area contributed by atoms with Crippen LogP contribution in [-0.4, -0.2) is 36.6 Å². The van der Waals surface area contributed by atoms with Crippen LogP contribution in [0.25, 0.3) is 10.9 Å². The Labute approximate surface area is 187 Å². The zero-order valence-corrected chi connectivity index (χ0v) is 19.1. The molecule has 0 unspecified atom stereocenters. The number of rotatable bonds is 4. The molecule has 1 fully saturated rings. The Bertz CT molecular complexity index is 1400. The summed E-state index contributed by atoms with van der Waals surface area (Å²) in [6, 6.07) is 15.0. The van der Waals surface area contributed by atoms with Gasteiger partial charge in [0, 0.05) is 22.8 Å². The largest absolute Gasteiger partial charge is 0.294 e. The van der Waals surface area contributed by atoms with E-state index in [0.717, 1.165) is 22.2 Å². The average Bonchev–Trinajstić information content (AvgIpc) is 2.91. The lowest BCUT2D eigenvalue weighted by Crippen LogP contribution is -2.47. The lowest BCUT2D eigenvalue weighted by molar-refractivity contribution is -0.121. The van der Waals surface area contributed by atoms with Crippen LogP contribution in [0.5, 0.6) is 0 Å². The minimum absolute atomic E-state index is 0.0450. The van der Waals surface area contributed by atoms with Crippen molar-refractivity contribution in [3.63, 3.8) is 0 Å². The summed E-state index contributed by atoms with van der Waals surface area (Å²) in [5, 5.41) is 0.944. The molecule has 0 spiro atoms. The van der Waals surface area contributed by atoms with Gasteiger partial charge in [-0.1, -0.05) is 25.1 Å². The van der Waals surface area contributed by atoms with Crippen molar-refractivity contribution < 1.29 is 18.0 Å². The van der Waals surface area contributed by atoms with E-state index in [1.165, 1.54) is 0 Å². The van der Waals surface area contributed by atoms with Crippen LogP contribution in [-0.2, 0) is 20.0 Å². The number of Topliss-reactive ketones (excluding diaryl/α,β-unsaturated/α-hetero) is 1. The highest BCUT2D eigenvalue weighted by atomic mass is 32.2. The molecule has 0 saturated carbocycles. The summed E-state index contributed by atoms with van der Waals surface area (Å²) in [6.07, 6.45) is 1.88. The predicted octanol–water partition coefficient (Wildman–Crippen LogP) is 4.20. The van der Waals surface area contributed by atoms with Crippen LogP contribution in [0.1, 0.15) is 43.1 Å². The number of aromatic nitrogens is 1. The van der Waals surface area contributed by atoms with Gasteiger partial charge in [0.1, 0.15) is 0 Å². The van der Waals surface area contributed by atoms with Crippen LogP contribution in [0, 0.1) is 5.41 Å². The number of hydrogen-bond acceptors (Lipinski definition) is 5. The standard InChI is InChI=1S/C25H24N2O4S/c1-24(2)19-11-17(22(28)12-25(3)14-32(30,31)15-25)8-9-21(19)27(23(24)29)18-10-16-6-4-5-7-20(16)26-13-18/h4-11,13H,12,14-15H2,1-3H3. The minimum Gasteiger partial charge on any atom is -0.294 e. The summed E-state index contributed by atoms with van der Waals surface area (Å²) in [6.45, 7) is 5.55. The highest BCUT2D eigenvalue weighted by Gasteiger charge is 2.47. The van der Waals surface area contributed by atoms with Crippen LogP contribution in [0.15, 0.2) is 54.7 Å². The molecule has 3 heterocycles. The van der Waals surface area contributed by atoms with Crippen LogP contribution >= 0.6 is 0 Å². The molecule has 0 radical (unpaired) electrons. The number of sulfone groups is 1. The average molecular weight is 449 g/mol. The highest BCUT2D eigenvalue weighted by Crippen LogP contribution is 2.46. The van der Waals surface area contributed by atoms with Gasteiger partial charge in [-0.3, -0.25) is 19.5 Å². The number of benzene rings is 2. The Hall–Kier alpha value is -3.06. The van der Waals surface area contributed by atoms with E-state index in [0.29, 0.717) is 11.3 Å². The summed E-state index contributed by atoms with van der Waals surface area (Å²) >= 11 is 0. The monoisotopic (exact) mass is 448 g/mol. The van der Waals surface area contributed by atoms with Gasteiger partial charge >= 0.3 is 0 Å². The molecule has 0 aliphatic carbocycles. The number of para-hydroxylation sites is 1. The molecule has 2 aromatic carbocycles. The summed E-state index contributed by atoms with van der Waals surface area (Å²) in [4.78, 5) is 32.5. The molecule has 1 amide bonds. The molecular formula is C25H24N2O4S. The summed E-state index contributed by atoms with van der Waals surface area (Å²) < 4.78 is 23.2. The number of ketones is 1. The van der Waals surface area contributed by atoms with Gasteiger partial charge in [-0.15, -0.1) is 0 Å². The molecule has 1 aromatic heterocycles. The fourth-order valence-electron chi connectivity index (χ4n) is 4.96. The number of carbonyl (C=O) groups is 2. The number of pyridine rings is 1. The van der Waals surface area contributed by atoms with Crippen molar-refractivity contribution in [2.45, 2.75) is 32.6 Å². The fraction of sp³-hybridized carbons (Fsp3) is 0.320. The Morgan fingerprint density at radius 1 is 1.06 bits per heavy atom. The van der Waals surface area contributed by atoms with E-state index in [4.69, 9.17) is 0 Å². The lowest BCUT2D eigenvalue weighted by Gasteiger charge is -2.37. The minimum atomic E-state index is -3.02. The van der Waals surface area contributed by atoms with Crippen LogP contribution < -0.4 is 4.90 Å². The Morgan fingerprint density at radius 2 is 1.78 bits per heavy atom. The van der Waals surface area contributed by atoms with Gasteiger partial charge in [-0.05, 0) is 49.7 Å². The first-order valence-corrected chi connectivity index (χ1v) is 12.4. The van der Waals surface area contributed by atoms with Crippen molar-refractivity contribution >= 4 is 43.8 Å². The molecule has 32 heavy (non-hydrogen) atoms. The van der Waals surface area contributed by atoms with E-state index < -0.39 is 20.7 Å². The van der Waals surface area contributed by atoms with E-state index >= 15 is 0 Å². The van der Waals surface area contributed by atoms with Gasteiger partial charge in [0.25, 0.3) is 0 Å². The second kappa shape index (κ2) is 6.72. The number of anilines is 2. The molecule has 7 heteroatoms. The summed E-state index contributed by atoms with van der Waals surface area (Å²) in [5.74, 6) is -0.0854. The third-order valence-corrected chi connectivity index (χ3v) is 8.80. The topological polar surface area (TPSA) is 84.4 Å². The van der Waals surface area contributed by atoms with Crippen molar-refractivity contribution in [2.75, 3.05) is 16.4 Å². The van der Waals surface area contributed by atoms with Crippen LogP contribution in [0.3, 0.4) is 0 Å². The molecule has 2 aliphatic rings. The molecule has 1 saturated heterocycles. The molecule has 164 valence electrons. The van der Waals surface area contributed by atoms with Gasteiger partial charge < -0.3 is 0 Å². The molecule has 0 N–H and O–H groups in total. The second-order valence-electron chi connectivity index (χ2n) is 9.83. The Morgan fingerprint density at radius 3 is 2.50 bits per heavy atom. The maximum Gasteiger partial charge on any atom is 0.241 e. The third kappa shape index (κ3) is 3.23. The third-order valence-electron chi connectivity index (χ3n) is 6.53. The first-order valence-electron chi connectivity index (χ1n) is 10.6. The van der Waals surface area contributed by atoms with Gasteiger partial charge in [-0.2, -0.15) is 0 Å². The van der Waals surface area contributed by atoms with Gasteiger partial charge in [0.05, 0.1) is 40.0 Å². The predicted molar refractivity (Wildman–Crippen MR) is 124 cm³/mol. The smallest absolute Gasteiger partial charge is 0.241 e. The first kappa shape index (κ1) is 20.8. The number of carbonyl (C=O) groups excluding carboxylic acids is 2.